The molecule has 0 saturated carbocycles. The summed E-state index contributed by atoms with van der Waals surface area (Å²) >= 11 is 0. The predicted molar refractivity (Wildman–Crippen MR) is 10.3 cm³/mol. The first-order valence-corrected chi connectivity index (χ1v) is 0. The van der Waals surface area contributed by atoms with E-state index in [0.29, 0.717) is 0 Å². The Morgan fingerprint density at radius 2 is 1.00 bits per heavy atom. The zero-order chi connectivity index (χ0) is 0. The van der Waals surface area contributed by atoms with Gasteiger partial charge in [-0.25, -0.2) is 0 Å². The second-order valence-corrected chi connectivity index (χ2v) is 0. The molecule has 0 aliphatic carbocycles. The Kier molecular flexibility index (Phi) is 184. The van der Waals surface area contributed by atoms with Crippen LogP contribution in [0.15, 0.2) is 0 Å². The number of hydrogen-bond acceptors (Lipinski definition) is 0. The van der Waals surface area contributed by atoms with E-state index in [-0.39, 0.29) is 67.9 Å². The number of rotatable bonds is 0. The molecule has 4 heavy (non-hydrogen) atoms. The number of hydrogen-bond donors (Lipinski definition) is 0. The molecule has 0 unspecified atom stereocenters. The van der Waals surface area contributed by atoms with Crippen LogP contribution in [0.2, 0.25) is 0 Å². The van der Waals surface area contributed by atoms with Crippen molar-refractivity contribution in [3.05, 3.63) is 0 Å². The molecule has 0 aliphatic rings. The van der Waals surface area contributed by atoms with Crippen LogP contribution in [0.3, 0.4) is 0 Å². The van der Waals surface area contributed by atoms with Gasteiger partial charge >= 0.3 is 0 Å². The molecule has 0 fully saturated rings. The first-order valence-electron chi connectivity index (χ1n) is 0. The standard InChI is InChI=1S/BrH.Co.Fe.Mn/h1H;;;. The summed E-state index contributed by atoms with van der Waals surface area (Å²) in [7, 11) is 0. The molecule has 0 aliphatic heterocycles. The maximum atomic E-state index is 0. The van der Waals surface area contributed by atoms with Gasteiger partial charge in [-0.2, -0.15) is 0 Å². The quantitative estimate of drug-likeness (QED) is 0.552. The van der Waals surface area contributed by atoms with Gasteiger partial charge in [-0.05, 0) is 0 Å². The Labute approximate surface area is 67.4 Å². The fourth-order valence-corrected chi connectivity index (χ4v) is 0. The molecule has 0 aromatic rings. The van der Waals surface area contributed by atoms with Gasteiger partial charge in [0.25, 0.3) is 0 Å². The van der Waals surface area contributed by atoms with Gasteiger partial charge in [0.2, 0.25) is 0 Å². The smallest absolute Gasteiger partial charge is 0 e. The van der Waals surface area contributed by atoms with Crippen molar-refractivity contribution in [2.75, 3.05) is 0 Å². The Morgan fingerprint density at radius 1 is 1.00 bits per heavy atom. The van der Waals surface area contributed by atoms with Crippen LogP contribution in [0, 0.1) is 0 Å². The molecule has 0 nitrogen and oxygen atoms in total. The summed E-state index contributed by atoms with van der Waals surface area (Å²) in [6, 6.07) is 0. The average Bonchev–Trinajstić information content (AvgIpc) is 0. The molecule has 32 valence electrons. The minimum absolute atomic E-state index is 0. The topological polar surface area (TPSA) is 0 Å². The molecular formula is HBrCoFeMn. The minimum Gasteiger partial charge on any atom is -0.114 e. The largest absolute Gasteiger partial charge is 0.114 e. The van der Waals surface area contributed by atoms with E-state index in [1.165, 1.54) is 0 Å². The van der Waals surface area contributed by atoms with E-state index in [1.54, 1.807) is 0 Å². The molecule has 0 rings (SSSR count). The fraction of sp³-hybridized carbons (Fsp3) is 0. The van der Waals surface area contributed by atoms with Crippen molar-refractivity contribution in [2.45, 2.75) is 0 Å². The van der Waals surface area contributed by atoms with Crippen molar-refractivity contribution in [2.24, 2.45) is 0 Å². The fourth-order valence-electron chi connectivity index (χ4n) is 0. The summed E-state index contributed by atoms with van der Waals surface area (Å²) < 4.78 is 0. The zero-order valence-corrected chi connectivity index (χ0v) is 6.51. The Morgan fingerprint density at radius 3 is 1.00 bits per heavy atom. The van der Waals surface area contributed by atoms with Crippen LogP contribution < -0.4 is 0 Å². The summed E-state index contributed by atoms with van der Waals surface area (Å²) in [4.78, 5) is 0. The molecular weight excluding hydrogens is 250 g/mol. The van der Waals surface area contributed by atoms with Gasteiger partial charge in [0.05, 0.1) is 0 Å². The predicted octanol–water partition coefficient (Wildman–Crippen LogP) is 0.570. The van der Waals surface area contributed by atoms with Crippen molar-refractivity contribution in [1.82, 2.24) is 0 Å². The first kappa shape index (κ1) is 37.1. The summed E-state index contributed by atoms with van der Waals surface area (Å²) in [5, 5.41) is 0. The SMILES string of the molecule is Br.[Co].[Fe].[Mn]. The van der Waals surface area contributed by atoms with E-state index in [4.69, 9.17) is 0 Å². The molecule has 0 bridgehead atoms. The van der Waals surface area contributed by atoms with Gasteiger partial charge in [0.15, 0.2) is 0 Å². The second kappa shape index (κ2) is 19.8. The van der Waals surface area contributed by atoms with Crippen molar-refractivity contribution >= 4 is 17.0 Å². The Bertz CT molecular complexity index is 8.00. The summed E-state index contributed by atoms with van der Waals surface area (Å²) in [6.45, 7) is 0. The van der Waals surface area contributed by atoms with Crippen LogP contribution in [-0.2, 0) is 50.9 Å². The second-order valence-electron chi connectivity index (χ2n) is 0. The average molecular weight is 251 g/mol. The summed E-state index contributed by atoms with van der Waals surface area (Å²) in [6.07, 6.45) is 0. The van der Waals surface area contributed by atoms with Crippen LogP contribution in [0.25, 0.3) is 0 Å². The van der Waals surface area contributed by atoms with Gasteiger partial charge in [-0.15, -0.1) is 17.0 Å². The Hall–Kier alpha value is 2.03. The van der Waals surface area contributed by atoms with Gasteiger partial charge in [0.1, 0.15) is 0 Å². The molecule has 0 atom stereocenters. The third-order valence-corrected chi connectivity index (χ3v) is 0. The monoisotopic (exact) mass is 250 g/mol. The van der Waals surface area contributed by atoms with E-state index >= 15 is 0 Å². The maximum Gasteiger partial charge on any atom is 0 e. The molecule has 0 heterocycles. The minimum atomic E-state index is 0. The van der Waals surface area contributed by atoms with E-state index in [9.17, 15) is 0 Å². The van der Waals surface area contributed by atoms with Crippen LogP contribution in [0.4, 0.5) is 0 Å². The van der Waals surface area contributed by atoms with E-state index in [1.807, 2.05) is 0 Å². The van der Waals surface area contributed by atoms with Crippen molar-refractivity contribution in [1.29, 1.82) is 0 Å². The van der Waals surface area contributed by atoms with Crippen LogP contribution in [0.5, 0.6) is 0 Å². The maximum absolute atomic E-state index is 0. The molecule has 4 heteroatoms. The van der Waals surface area contributed by atoms with Crippen molar-refractivity contribution in [3.63, 3.8) is 0 Å². The Balaban J connectivity index is 0. The van der Waals surface area contributed by atoms with Gasteiger partial charge in [0, 0.05) is 50.9 Å². The van der Waals surface area contributed by atoms with Crippen LogP contribution in [-0.4, -0.2) is 0 Å². The van der Waals surface area contributed by atoms with Crippen LogP contribution >= 0.6 is 17.0 Å². The molecule has 0 spiro atoms. The van der Waals surface area contributed by atoms with Crippen LogP contribution in [0.1, 0.15) is 0 Å². The molecule has 2 radical (unpaired) electrons. The van der Waals surface area contributed by atoms with Crippen molar-refractivity contribution < 1.29 is 50.9 Å². The van der Waals surface area contributed by atoms with E-state index < -0.39 is 0 Å². The van der Waals surface area contributed by atoms with E-state index in [2.05, 4.69) is 0 Å². The summed E-state index contributed by atoms with van der Waals surface area (Å²) in [5.41, 5.74) is 0. The van der Waals surface area contributed by atoms with Crippen molar-refractivity contribution in [3.8, 4) is 0 Å². The number of halogens is 1. The molecule has 0 aromatic heterocycles. The normalized spacial score (nSPS) is 0. The summed E-state index contributed by atoms with van der Waals surface area (Å²) in [5.74, 6) is 0. The zero-order valence-electron chi connectivity index (χ0n) is 1.47. The molecule has 0 aromatic carbocycles. The van der Waals surface area contributed by atoms with Gasteiger partial charge < -0.3 is 0 Å². The molecule has 0 saturated heterocycles. The third kappa shape index (κ3) is 8.98. The van der Waals surface area contributed by atoms with E-state index in [0.717, 1.165) is 0 Å². The first-order chi connectivity index (χ1) is 0. The molecule has 0 N–H and O–H groups in total. The van der Waals surface area contributed by atoms with Gasteiger partial charge in [-0.3, -0.25) is 0 Å². The third-order valence-electron chi connectivity index (χ3n) is 0. The molecule has 0 amide bonds. The van der Waals surface area contributed by atoms with Gasteiger partial charge in [-0.1, -0.05) is 0 Å².